The highest BCUT2D eigenvalue weighted by molar-refractivity contribution is 8.04. The Hall–Kier alpha value is -1.82. The zero-order valence-electron chi connectivity index (χ0n) is 8.23. The van der Waals surface area contributed by atoms with Crippen molar-refractivity contribution in [3.8, 4) is 0 Å². The number of nitrogens with zero attached hydrogens (tertiary/aromatic N) is 2. The van der Waals surface area contributed by atoms with Gasteiger partial charge in [0.25, 0.3) is 5.91 Å². The molecule has 1 amide bonds. The second-order valence-electron chi connectivity index (χ2n) is 3.33. The molecule has 0 atom stereocenters. The van der Waals surface area contributed by atoms with Gasteiger partial charge < -0.3 is 10.3 Å². The van der Waals surface area contributed by atoms with Crippen molar-refractivity contribution in [1.29, 1.82) is 0 Å². The summed E-state index contributed by atoms with van der Waals surface area (Å²) in [5.74, 6) is 0.625. The number of thioether (sulfide) groups is 1. The van der Waals surface area contributed by atoms with Crippen LogP contribution in [0.25, 0.3) is 17.1 Å². The van der Waals surface area contributed by atoms with Crippen LogP contribution in [0.3, 0.4) is 0 Å². The van der Waals surface area contributed by atoms with E-state index >= 15 is 0 Å². The molecule has 0 bridgehead atoms. The molecular weight excluding hydrogens is 224 g/mol. The van der Waals surface area contributed by atoms with Crippen LogP contribution < -0.4 is 5.32 Å². The van der Waals surface area contributed by atoms with Crippen molar-refractivity contribution in [3.63, 3.8) is 0 Å². The molecule has 1 aliphatic heterocycles. The molecule has 0 saturated carbocycles. The smallest absolute Gasteiger partial charge is 0.258 e. The number of nitrogens with one attached hydrogen (secondary N) is 2. The third-order valence-electron chi connectivity index (χ3n) is 2.36. The highest BCUT2D eigenvalue weighted by Gasteiger charge is 2.17. The van der Waals surface area contributed by atoms with Crippen LogP contribution in [-0.2, 0) is 4.79 Å². The van der Waals surface area contributed by atoms with Crippen molar-refractivity contribution in [1.82, 2.24) is 20.3 Å². The highest BCUT2D eigenvalue weighted by atomic mass is 32.2. The van der Waals surface area contributed by atoms with Crippen LogP contribution in [0, 0.1) is 0 Å². The average molecular weight is 232 g/mol. The van der Waals surface area contributed by atoms with Gasteiger partial charge in [0.2, 0.25) is 0 Å². The quantitative estimate of drug-likeness (QED) is 0.723. The maximum Gasteiger partial charge on any atom is 0.258 e. The summed E-state index contributed by atoms with van der Waals surface area (Å²) in [5, 5.41) is 3.67. The van der Waals surface area contributed by atoms with E-state index in [4.69, 9.17) is 0 Å². The van der Waals surface area contributed by atoms with Crippen LogP contribution in [0.15, 0.2) is 23.6 Å². The molecule has 3 rings (SSSR count). The highest BCUT2D eigenvalue weighted by Crippen LogP contribution is 2.25. The Morgan fingerprint density at radius 3 is 3.25 bits per heavy atom. The second-order valence-corrected chi connectivity index (χ2v) is 4.35. The summed E-state index contributed by atoms with van der Waals surface area (Å²) in [6, 6.07) is 0. The third-order valence-corrected chi connectivity index (χ3v) is 3.26. The van der Waals surface area contributed by atoms with Crippen molar-refractivity contribution in [2.45, 2.75) is 0 Å². The predicted octanol–water partition coefficient (Wildman–Crippen LogP) is 1.12. The van der Waals surface area contributed by atoms with Crippen LogP contribution in [-0.4, -0.2) is 26.7 Å². The van der Waals surface area contributed by atoms with Gasteiger partial charge in [-0.2, -0.15) is 0 Å². The van der Waals surface area contributed by atoms with Gasteiger partial charge in [0.1, 0.15) is 12.0 Å². The minimum Gasteiger partial charge on any atom is -0.345 e. The number of carbonyl (C=O) groups excluding carboxylic acids is 1. The van der Waals surface area contributed by atoms with Gasteiger partial charge in [0.15, 0.2) is 0 Å². The lowest BCUT2D eigenvalue weighted by Crippen LogP contribution is -2.13. The first-order valence-corrected chi connectivity index (χ1v) is 5.73. The molecular formula is C10H8N4OS. The summed E-state index contributed by atoms with van der Waals surface area (Å²) in [6.45, 7) is 0. The molecule has 0 radical (unpaired) electrons. The fourth-order valence-corrected chi connectivity index (χ4v) is 2.35. The fraction of sp³-hybridized carbons (Fsp3) is 0.100. The van der Waals surface area contributed by atoms with Gasteiger partial charge in [-0.3, -0.25) is 4.79 Å². The maximum absolute atomic E-state index is 11.4. The number of carbonyl (C=O) groups is 1. The zero-order chi connectivity index (χ0) is 11.0. The first-order valence-electron chi connectivity index (χ1n) is 4.74. The summed E-state index contributed by atoms with van der Waals surface area (Å²) in [5.41, 5.74) is 1.72. The van der Waals surface area contributed by atoms with Crippen LogP contribution in [0.2, 0.25) is 0 Å². The topological polar surface area (TPSA) is 70.7 Å². The number of amides is 1. The van der Waals surface area contributed by atoms with Crippen molar-refractivity contribution in [3.05, 3.63) is 29.2 Å². The van der Waals surface area contributed by atoms with E-state index in [9.17, 15) is 4.79 Å². The lowest BCUT2D eigenvalue weighted by molar-refractivity contribution is -0.116. The Balaban J connectivity index is 2.10. The third kappa shape index (κ3) is 1.47. The molecule has 1 fully saturated rings. The van der Waals surface area contributed by atoms with Gasteiger partial charge >= 0.3 is 0 Å². The van der Waals surface area contributed by atoms with Crippen LogP contribution in [0.4, 0.5) is 0 Å². The predicted molar refractivity (Wildman–Crippen MR) is 62.5 cm³/mol. The normalized spacial score (nSPS) is 18.2. The summed E-state index contributed by atoms with van der Waals surface area (Å²) in [7, 11) is 0. The summed E-state index contributed by atoms with van der Waals surface area (Å²) < 4.78 is 0. The first-order chi connectivity index (χ1) is 7.84. The fourth-order valence-electron chi connectivity index (χ4n) is 1.58. The first kappa shape index (κ1) is 9.41. The lowest BCUT2D eigenvalue weighted by Gasteiger charge is -1.92. The van der Waals surface area contributed by atoms with E-state index < -0.39 is 0 Å². The van der Waals surface area contributed by atoms with Crippen molar-refractivity contribution in [2.24, 2.45) is 0 Å². The van der Waals surface area contributed by atoms with Crippen LogP contribution >= 0.6 is 11.8 Å². The Morgan fingerprint density at radius 2 is 2.44 bits per heavy atom. The average Bonchev–Trinajstić information content (AvgIpc) is 2.88. The van der Waals surface area contributed by atoms with E-state index in [2.05, 4.69) is 20.3 Å². The van der Waals surface area contributed by atoms with Gasteiger partial charge in [0, 0.05) is 23.3 Å². The summed E-state index contributed by atoms with van der Waals surface area (Å²) in [6.07, 6.45) is 6.92. The Labute approximate surface area is 95.4 Å². The number of hydrogen-bond acceptors (Lipinski definition) is 4. The SMILES string of the molecule is O=C1NCSC1=Cc1c[nH]c2ncncc12. The molecule has 2 N–H and O–H groups in total. The van der Waals surface area contributed by atoms with Crippen molar-refractivity contribution >= 4 is 34.8 Å². The van der Waals surface area contributed by atoms with Crippen LogP contribution in [0.5, 0.6) is 0 Å². The lowest BCUT2D eigenvalue weighted by atomic mass is 10.2. The van der Waals surface area contributed by atoms with E-state index in [0.29, 0.717) is 5.88 Å². The van der Waals surface area contributed by atoms with E-state index in [-0.39, 0.29) is 5.91 Å². The molecule has 0 aromatic carbocycles. The molecule has 16 heavy (non-hydrogen) atoms. The zero-order valence-corrected chi connectivity index (χ0v) is 9.04. The largest absolute Gasteiger partial charge is 0.345 e. The number of hydrogen-bond donors (Lipinski definition) is 2. The molecule has 1 aliphatic rings. The Kier molecular flexibility index (Phi) is 2.14. The number of H-pyrrole nitrogens is 1. The molecule has 0 aliphatic carbocycles. The molecule has 6 heteroatoms. The number of fused-ring (bicyclic) bond motifs is 1. The molecule has 3 heterocycles. The molecule has 5 nitrogen and oxygen atoms in total. The van der Waals surface area contributed by atoms with E-state index in [1.807, 2.05) is 12.3 Å². The van der Waals surface area contributed by atoms with E-state index in [0.717, 1.165) is 21.5 Å². The van der Waals surface area contributed by atoms with E-state index in [1.165, 1.54) is 18.1 Å². The van der Waals surface area contributed by atoms with Crippen LogP contribution in [0.1, 0.15) is 5.56 Å². The van der Waals surface area contributed by atoms with E-state index in [1.54, 1.807) is 6.20 Å². The molecule has 1 saturated heterocycles. The second kappa shape index (κ2) is 3.64. The standard InChI is InChI=1S/C10H8N4OS/c15-10-8(16-5-14-10)1-6-2-12-9-7(6)3-11-4-13-9/h1-4H,5H2,(H,14,15)(H,11,12,13). The Bertz CT molecular complexity index is 589. The van der Waals surface area contributed by atoms with Crippen molar-refractivity contribution in [2.75, 3.05) is 5.88 Å². The summed E-state index contributed by atoms with van der Waals surface area (Å²) in [4.78, 5) is 23.2. The molecule has 0 unspecified atom stereocenters. The van der Waals surface area contributed by atoms with Gasteiger partial charge in [-0.25, -0.2) is 9.97 Å². The molecule has 2 aromatic heterocycles. The van der Waals surface area contributed by atoms with Gasteiger partial charge in [-0.1, -0.05) is 11.8 Å². The monoisotopic (exact) mass is 232 g/mol. The van der Waals surface area contributed by atoms with Crippen molar-refractivity contribution < 1.29 is 4.79 Å². The minimum atomic E-state index is -0.0174. The van der Waals surface area contributed by atoms with Gasteiger partial charge in [0.05, 0.1) is 10.8 Å². The van der Waals surface area contributed by atoms with Gasteiger partial charge in [-0.05, 0) is 6.08 Å². The summed E-state index contributed by atoms with van der Waals surface area (Å²) >= 11 is 1.50. The number of aromatic amines is 1. The molecule has 0 spiro atoms. The minimum absolute atomic E-state index is 0.0174. The molecule has 80 valence electrons. The Morgan fingerprint density at radius 1 is 1.50 bits per heavy atom. The molecule has 2 aromatic rings. The number of rotatable bonds is 1. The number of aromatic nitrogens is 3. The maximum atomic E-state index is 11.4. The van der Waals surface area contributed by atoms with Gasteiger partial charge in [-0.15, -0.1) is 0 Å².